The van der Waals surface area contributed by atoms with E-state index in [1.54, 1.807) is 11.3 Å². The Kier molecular flexibility index (Phi) is 18.1. The van der Waals surface area contributed by atoms with Crippen molar-refractivity contribution in [3.8, 4) is 0 Å². The van der Waals surface area contributed by atoms with Crippen molar-refractivity contribution in [1.82, 2.24) is 4.98 Å². The van der Waals surface area contributed by atoms with Crippen molar-refractivity contribution in [3.63, 3.8) is 0 Å². The first-order valence-corrected chi connectivity index (χ1v) is 31.4. The number of hydrogen-bond donors (Lipinski definition) is 1. The predicted octanol–water partition coefficient (Wildman–Crippen LogP) is 13.9. The van der Waals surface area contributed by atoms with E-state index in [9.17, 15) is 9.90 Å². The van der Waals surface area contributed by atoms with Crippen LogP contribution in [0.4, 0.5) is 0 Å². The maximum Gasteiger partial charge on any atom is 0.192 e. The molecule has 0 bridgehead atoms. The number of aliphatic hydroxyl groups excluding tert-OH is 1. The summed E-state index contributed by atoms with van der Waals surface area (Å²) in [6.45, 7) is 45.5. The Morgan fingerprint density at radius 3 is 1.89 bits per heavy atom. The molecule has 56 heavy (non-hydrogen) atoms. The van der Waals surface area contributed by atoms with Gasteiger partial charge in [0.1, 0.15) is 5.78 Å². The van der Waals surface area contributed by atoms with Gasteiger partial charge in [0.2, 0.25) is 0 Å². The van der Waals surface area contributed by atoms with E-state index in [0.717, 1.165) is 62.1 Å². The van der Waals surface area contributed by atoms with Gasteiger partial charge in [0.15, 0.2) is 25.0 Å². The first-order valence-electron chi connectivity index (χ1n) is 21.8. The number of carbonyl (C=O) groups is 1. The molecule has 0 amide bonds. The maximum absolute atomic E-state index is 14.7. The molecule has 0 spiro atoms. The second-order valence-electron chi connectivity index (χ2n) is 22.1. The highest BCUT2D eigenvalue weighted by Crippen LogP contribution is 2.52. The maximum atomic E-state index is 14.7. The number of nitrogens with zero attached hydrogens (tertiary/aromatic N) is 1. The average Bonchev–Trinajstić information content (AvgIpc) is 3.43. The van der Waals surface area contributed by atoms with E-state index >= 15 is 0 Å². The van der Waals surface area contributed by atoms with Crippen LogP contribution < -0.4 is 0 Å². The van der Waals surface area contributed by atoms with Crippen LogP contribution in [0.2, 0.25) is 54.4 Å². The molecule has 5 atom stereocenters. The largest absolute Gasteiger partial charge is 0.417 e. The predicted molar refractivity (Wildman–Crippen MR) is 250 cm³/mol. The fourth-order valence-corrected chi connectivity index (χ4v) is 11.3. The zero-order valence-corrected chi connectivity index (χ0v) is 43.7. The Morgan fingerprint density at radius 2 is 1.43 bits per heavy atom. The van der Waals surface area contributed by atoms with E-state index in [0.29, 0.717) is 6.61 Å². The van der Waals surface area contributed by atoms with Gasteiger partial charge in [-0.15, -0.1) is 11.3 Å². The molecule has 1 aromatic rings. The Balaban J connectivity index is 2.16. The first kappa shape index (κ1) is 51.4. The average molecular weight is 851 g/mol. The van der Waals surface area contributed by atoms with Crippen molar-refractivity contribution in [2.75, 3.05) is 6.61 Å². The lowest BCUT2D eigenvalue weighted by Crippen LogP contribution is -2.57. The van der Waals surface area contributed by atoms with Crippen molar-refractivity contribution in [1.29, 1.82) is 0 Å². The molecule has 2 rings (SSSR count). The van der Waals surface area contributed by atoms with Crippen LogP contribution in [0.15, 0.2) is 22.6 Å². The van der Waals surface area contributed by atoms with Gasteiger partial charge in [0, 0.05) is 17.9 Å². The van der Waals surface area contributed by atoms with E-state index in [4.69, 9.17) is 13.3 Å². The lowest BCUT2D eigenvalue weighted by molar-refractivity contribution is -0.152. The summed E-state index contributed by atoms with van der Waals surface area (Å²) in [5, 5.41) is 15.2. The van der Waals surface area contributed by atoms with Gasteiger partial charge in [0.25, 0.3) is 0 Å². The summed E-state index contributed by atoms with van der Waals surface area (Å²) in [6.07, 6.45) is 10.7. The minimum atomic E-state index is -2.18. The van der Waals surface area contributed by atoms with Crippen LogP contribution in [-0.2, 0) is 18.1 Å². The third-order valence-electron chi connectivity index (χ3n) is 14.4. The standard InChI is InChI=1S/C46H87NO5SSi3/c1-33(25-26-39(51-55(17,18)44(9,10)11)35(3)31-38-32-53-37(5)47-38)23-21-24-34(2)41(48)36(4)42(49)46(28-22-29-46)40(52-56(19,20)45(12,13)14)27-30-50-54(15,16)43(6,7)8/h25,31-32,34,36,39-41,48H,21-24,26-30H2,1-20H3/b33-25+,35-31+/t34-,36+,39-,40-,41-/m0/s1. The van der Waals surface area contributed by atoms with Gasteiger partial charge in [-0.05, 0) is 138 Å². The topological polar surface area (TPSA) is 77.9 Å². The third kappa shape index (κ3) is 13.6. The normalized spacial score (nSPS) is 19.3. The summed E-state index contributed by atoms with van der Waals surface area (Å²) in [5.74, 6) is -0.237. The highest BCUT2D eigenvalue weighted by atomic mass is 32.1. The van der Waals surface area contributed by atoms with Crippen LogP contribution in [0.5, 0.6) is 0 Å². The van der Waals surface area contributed by atoms with Crippen molar-refractivity contribution in [2.24, 2.45) is 17.3 Å². The summed E-state index contributed by atoms with van der Waals surface area (Å²) >= 11 is 1.68. The Labute approximate surface area is 352 Å². The second-order valence-corrected chi connectivity index (χ2v) is 37.5. The Hall–Kier alpha value is -0.729. The molecule has 0 aromatic carbocycles. The number of Topliss-reactive ketones (excluding diaryl/α,β-unsaturated/α-hetero) is 1. The van der Waals surface area contributed by atoms with E-state index in [2.05, 4.69) is 145 Å². The molecule has 1 N–H and O–H groups in total. The van der Waals surface area contributed by atoms with Crippen LogP contribution in [0.3, 0.4) is 0 Å². The number of rotatable bonds is 21. The highest BCUT2D eigenvalue weighted by Gasteiger charge is 2.55. The molecular weight excluding hydrogens is 763 g/mol. The van der Waals surface area contributed by atoms with E-state index in [1.165, 1.54) is 11.1 Å². The van der Waals surface area contributed by atoms with Gasteiger partial charge in [-0.3, -0.25) is 4.79 Å². The van der Waals surface area contributed by atoms with Crippen molar-refractivity contribution in [3.05, 3.63) is 33.3 Å². The summed E-state index contributed by atoms with van der Waals surface area (Å²) in [7, 11) is -6.14. The fourth-order valence-electron chi connectivity index (χ4n) is 6.92. The van der Waals surface area contributed by atoms with Crippen LogP contribution in [0.1, 0.15) is 152 Å². The molecule has 324 valence electrons. The zero-order valence-electron chi connectivity index (χ0n) is 39.9. The summed E-state index contributed by atoms with van der Waals surface area (Å²) < 4.78 is 20.9. The number of thiazole rings is 1. The Bertz CT molecular complexity index is 1470. The lowest BCUT2D eigenvalue weighted by Gasteiger charge is -2.52. The molecule has 10 heteroatoms. The number of aliphatic hydroxyl groups is 1. The molecule has 1 saturated carbocycles. The molecule has 1 fully saturated rings. The quantitative estimate of drug-likeness (QED) is 0.0981. The Morgan fingerprint density at radius 1 is 0.893 bits per heavy atom. The van der Waals surface area contributed by atoms with Crippen molar-refractivity contribution < 1.29 is 23.2 Å². The molecule has 6 nitrogen and oxygen atoms in total. The number of hydrogen-bond acceptors (Lipinski definition) is 7. The van der Waals surface area contributed by atoms with Gasteiger partial charge < -0.3 is 18.4 Å². The van der Waals surface area contributed by atoms with Crippen LogP contribution in [-0.4, -0.2) is 65.7 Å². The van der Waals surface area contributed by atoms with Gasteiger partial charge in [-0.25, -0.2) is 4.98 Å². The summed E-state index contributed by atoms with van der Waals surface area (Å²) in [4.78, 5) is 19.3. The number of aryl methyl sites for hydroxylation is 1. The smallest absolute Gasteiger partial charge is 0.192 e. The van der Waals surface area contributed by atoms with Gasteiger partial charge in [-0.2, -0.15) is 0 Å². The van der Waals surface area contributed by atoms with Crippen LogP contribution in [0.25, 0.3) is 6.08 Å². The number of ketones is 1. The lowest BCUT2D eigenvalue weighted by atomic mass is 9.59. The molecule has 1 heterocycles. The zero-order chi connectivity index (χ0) is 43.3. The monoisotopic (exact) mass is 850 g/mol. The number of carbonyl (C=O) groups excluding carboxylic acids is 1. The molecule has 0 unspecified atom stereocenters. The fraction of sp³-hybridized carbons (Fsp3) is 0.826. The SMILES string of the molecule is C/C(=C\C[C@H](O[Si](C)(C)C(C)(C)C)/C(C)=C/c1csc(C)n1)CCC[C@H](C)[C@H](O)[C@@H](C)C(=O)C1([C@H](CCO[Si](C)(C)C(C)(C)C)O[Si](C)(C)C(C)(C)C)CCC1. The highest BCUT2D eigenvalue weighted by molar-refractivity contribution is 7.09. The third-order valence-corrected chi connectivity index (χ3v) is 28.7. The molecule has 1 aliphatic carbocycles. The minimum absolute atomic E-state index is 0.00217. The summed E-state index contributed by atoms with van der Waals surface area (Å²) in [5.41, 5.74) is 3.01. The van der Waals surface area contributed by atoms with E-state index < -0.39 is 42.4 Å². The van der Waals surface area contributed by atoms with Crippen LogP contribution >= 0.6 is 11.3 Å². The van der Waals surface area contributed by atoms with Crippen molar-refractivity contribution >= 4 is 48.1 Å². The molecule has 1 aliphatic rings. The molecule has 0 radical (unpaired) electrons. The first-order chi connectivity index (χ1) is 25.3. The minimum Gasteiger partial charge on any atom is -0.417 e. The molecule has 0 saturated heterocycles. The van der Waals surface area contributed by atoms with E-state index in [-0.39, 0.29) is 39.0 Å². The summed E-state index contributed by atoms with van der Waals surface area (Å²) in [6, 6.07) is 0. The van der Waals surface area contributed by atoms with Gasteiger partial charge in [0.05, 0.1) is 34.4 Å². The molecule has 0 aliphatic heterocycles. The van der Waals surface area contributed by atoms with Gasteiger partial charge >= 0.3 is 0 Å². The number of aromatic nitrogens is 1. The number of allylic oxidation sites excluding steroid dienone is 1. The van der Waals surface area contributed by atoms with Crippen LogP contribution in [0, 0.1) is 24.2 Å². The molecular formula is C46H87NO5SSi3. The molecule has 1 aromatic heterocycles. The van der Waals surface area contributed by atoms with E-state index in [1.807, 2.05) is 13.8 Å². The van der Waals surface area contributed by atoms with Gasteiger partial charge in [-0.1, -0.05) is 94.2 Å². The second kappa shape index (κ2) is 19.8. The van der Waals surface area contributed by atoms with Crippen molar-refractivity contribution in [2.45, 2.75) is 221 Å².